The first-order valence-corrected chi connectivity index (χ1v) is 13.3. The van der Waals surface area contributed by atoms with Crippen LogP contribution >= 0.6 is 0 Å². The molecule has 1 saturated heterocycles. The van der Waals surface area contributed by atoms with Gasteiger partial charge in [0.25, 0.3) is 0 Å². The molecule has 5 aromatic rings. The molecule has 0 radical (unpaired) electrons. The van der Waals surface area contributed by atoms with Gasteiger partial charge < -0.3 is 24.3 Å². The molecule has 2 aliphatic rings. The minimum absolute atomic E-state index is 0.0476. The van der Waals surface area contributed by atoms with Crippen LogP contribution < -0.4 is 10.1 Å². The van der Waals surface area contributed by atoms with Gasteiger partial charge in [-0.05, 0) is 37.3 Å². The highest BCUT2D eigenvalue weighted by Gasteiger charge is 2.28. The molecule has 0 amide bonds. The SMILES string of the molecule is Cn1c(Nc2cc(C(C)(C)C)n([C@@H]3CCOC3)n2)nc2ncc(Oc3cnc4[nH]c5c(c4c3)CCC5)cc21. The van der Waals surface area contributed by atoms with Gasteiger partial charge in [-0.15, -0.1) is 0 Å². The van der Waals surface area contributed by atoms with Crippen molar-refractivity contribution in [3.63, 3.8) is 0 Å². The highest BCUT2D eigenvalue weighted by Crippen LogP contribution is 2.34. The number of hydrogen-bond acceptors (Lipinski definition) is 7. The predicted molar refractivity (Wildman–Crippen MR) is 145 cm³/mol. The summed E-state index contributed by atoms with van der Waals surface area (Å²) in [5.74, 6) is 2.77. The van der Waals surface area contributed by atoms with Crippen LogP contribution in [0.2, 0.25) is 0 Å². The van der Waals surface area contributed by atoms with Gasteiger partial charge in [-0.2, -0.15) is 10.1 Å². The summed E-state index contributed by atoms with van der Waals surface area (Å²) in [5.41, 5.74) is 6.22. The Morgan fingerprint density at radius 1 is 1.11 bits per heavy atom. The van der Waals surface area contributed by atoms with Gasteiger partial charge in [-0.25, -0.2) is 9.97 Å². The number of nitrogens with one attached hydrogen (secondary N) is 2. The lowest BCUT2D eigenvalue weighted by atomic mass is 9.91. The molecule has 1 atom stereocenters. The molecule has 38 heavy (non-hydrogen) atoms. The Morgan fingerprint density at radius 3 is 2.76 bits per heavy atom. The second-order valence-corrected chi connectivity index (χ2v) is 11.4. The molecule has 0 aromatic carbocycles. The molecule has 196 valence electrons. The van der Waals surface area contributed by atoms with Crippen molar-refractivity contribution >= 4 is 34.0 Å². The van der Waals surface area contributed by atoms with Crippen molar-refractivity contribution in [3.8, 4) is 11.5 Å². The summed E-state index contributed by atoms with van der Waals surface area (Å²) in [5, 5.41) is 9.46. The Kier molecular flexibility index (Phi) is 5.23. The first-order valence-electron chi connectivity index (χ1n) is 13.3. The van der Waals surface area contributed by atoms with Gasteiger partial charge in [0, 0.05) is 48.0 Å². The molecular formula is C28H32N8O2. The highest BCUT2D eigenvalue weighted by atomic mass is 16.5. The molecule has 1 aliphatic carbocycles. The van der Waals surface area contributed by atoms with Crippen molar-refractivity contribution in [2.45, 2.75) is 57.9 Å². The number of pyridine rings is 2. The van der Waals surface area contributed by atoms with E-state index in [1.54, 1.807) is 12.4 Å². The Hall–Kier alpha value is -3.92. The molecule has 10 heteroatoms. The van der Waals surface area contributed by atoms with E-state index < -0.39 is 0 Å². The van der Waals surface area contributed by atoms with E-state index in [0.717, 1.165) is 48.2 Å². The van der Waals surface area contributed by atoms with Gasteiger partial charge in [0.15, 0.2) is 11.5 Å². The van der Waals surface area contributed by atoms with Gasteiger partial charge in [0.1, 0.15) is 17.1 Å². The fourth-order valence-corrected chi connectivity index (χ4v) is 5.63. The fraction of sp³-hybridized carbons (Fsp3) is 0.429. The molecule has 6 heterocycles. The quantitative estimate of drug-likeness (QED) is 0.328. The molecule has 0 saturated carbocycles. The number of imidazole rings is 1. The number of aromatic nitrogens is 7. The van der Waals surface area contributed by atoms with Crippen molar-refractivity contribution < 1.29 is 9.47 Å². The van der Waals surface area contributed by atoms with Gasteiger partial charge in [0.05, 0.1) is 30.6 Å². The van der Waals surface area contributed by atoms with E-state index in [1.807, 2.05) is 17.7 Å². The first kappa shape index (κ1) is 23.2. The summed E-state index contributed by atoms with van der Waals surface area (Å²) in [6.45, 7) is 8.08. The van der Waals surface area contributed by atoms with Crippen LogP contribution in [0, 0.1) is 0 Å². The van der Waals surface area contributed by atoms with Crippen molar-refractivity contribution in [1.29, 1.82) is 0 Å². The number of aromatic amines is 1. The molecule has 0 bridgehead atoms. The molecule has 5 aromatic heterocycles. The lowest BCUT2D eigenvalue weighted by Crippen LogP contribution is -2.22. The lowest BCUT2D eigenvalue weighted by molar-refractivity contribution is 0.183. The number of ether oxygens (including phenoxy) is 2. The van der Waals surface area contributed by atoms with Crippen LogP contribution in [0.3, 0.4) is 0 Å². The number of hydrogen-bond donors (Lipinski definition) is 2. The monoisotopic (exact) mass is 512 g/mol. The Labute approximate surface area is 220 Å². The van der Waals surface area contributed by atoms with Crippen molar-refractivity contribution in [2.24, 2.45) is 7.05 Å². The summed E-state index contributed by atoms with van der Waals surface area (Å²) in [6, 6.07) is 6.40. The van der Waals surface area contributed by atoms with E-state index in [9.17, 15) is 0 Å². The van der Waals surface area contributed by atoms with E-state index >= 15 is 0 Å². The maximum atomic E-state index is 6.19. The standard InChI is InChI=1S/C28H32N8O2/c1-28(2,3)23-12-24(34-36(23)16-8-9-37-15-16)32-27-33-26-22(35(27)4)11-18(14-30-26)38-17-10-20-19-6-5-7-21(19)31-25(20)29-13-17/h10-14,16H,5-9,15H2,1-4H3,(H,29,31)(H,30,32,33,34)/t16-/m1/s1. The van der Waals surface area contributed by atoms with Crippen LogP contribution in [0.15, 0.2) is 30.6 Å². The lowest BCUT2D eigenvalue weighted by Gasteiger charge is -2.22. The smallest absolute Gasteiger partial charge is 0.210 e. The summed E-state index contributed by atoms with van der Waals surface area (Å²) < 4.78 is 15.9. The number of nitrogens with zero attached hydrogens (tertiary/aromatic N) is 6. The van der Waals surface area contributed by atoms with Crippen molar-refractivity contribution in [3.05, 3.63) is 47.5 Å². The van der Waals surface area contributed by atoms with Crippen molar-refractivity contribution in [1.82, 2.24) is 34.3 Å². The van der Waals surface area contributed by atoms with Gasteiger partial charge in [-0.3, -0.25) is 4.68 Å². The van der Waals surface area contributed by atoms with Gasteiger partial charge in [-0.1, -0.05) is 20.8 Å². The second kappa shape index (κ2) is 8.56. The van der Waals surface area contributed by atoms with Crippen molar-refractivity contribution in [2.75, 3.05) is 18.5 Å². The summed E-state index contributed by atoms with van der Waals surface area (Å²) >= 11 is 0. The Balaban J connectivity index is 1.17. The molecule has 1 fully saturated rings. The van der Waals surface area contributed by atoms with Crippen LogP contribution in [0.25, 0.3) is 22.2 Å². The maximum absolute atomic E-state index is 6.19. The Bertz CT molecular complexity index is 1670. The number of fused-ring (bicyclic) bond motifs is 4. The third-order valence-electron chi connectivity index (χ3n) is 7.62. The van der Waals surface area contributed by atoms with Gasteiger partial charge in [0.2, 0.25) is 5.95 Å². The summed E-state index contributed by atoms with van der Waals surface area (Å²) in [6.07, 6.45) is 7.80. The molecule has 0 spiro atoms. The molecule has 10 nitrogen and oxygen atoms in total. The minimum Gasteiger partial charge on any atom is -0.454 e. The van der Waals surface area contributed by atoms with E-state index in [2.05, 4.69) is 57.9 Å². The van der Waals surface area contributed by atoms with Crippen LogP contribution in [0.1, 0.15) is 56.6 Å². The molecule has 1 aliphatic heterocycles. The topological polar surface area (TPSA) is 108 Å². The zero-order valence-electron chi connectivity index (χ0n) is 22.2. The molecule has 2 N–H and O–H groups in total. The predicted octanol–water partition coefficient (Wildman–Crippen LogP) is 5.32. The number of rotatable bonds is 5. The summed E-state index contributed by atoms with van der Waals surface area (Å²) in [4.78, 5) is 17.3. The zero-order valence-corrected chi connectivity index (χ0v) is 22.2. The second-order valence-electron chi connectivity index (χ2n) is 11.4. The molecule has 0 unspecified atom stereocenters. The fourth-order valence-electron chi connectivity index (χ4n) is 5.63. The van der Waals surface area contributed by atoms with Crippen LogP contribution in [-0.2, 0) is 30.0 Å². The van der Waals surface area contributed by atoms with E-state index in [-0.39, 0.29) is 11.5 Å². The number of aryl methyl sites for hydroxylation is 3. The van der Waals surface area contributed by atoms with Crippen LogP contribution in [-0.4, -0.2) is 47.5 Å². The van der Waals surface area contributed by atoms with Crippen LogP contribution in [0.5, 0.6) is 11.5 Å². The van der Waals surface area contributed by atoms with E-state index in [4.69, 9.17) is 19.6 Å². The zero-order chi connectivity index (χ0) is 26.0. The van der Waals surface area contributed by atoms with E-state index in [0.29, 0.717) is 29.7 Å². The summed E-state index contributed by atoms with van der Waals surface area (Å²) in [7, 11) is 1.96. The minimum atomic E-state index is -0.0476. The number of anilines is 2. The average molecular weight is 513 g/mol. The van der Waals surface area contributed by atoms with Crippen LogP contribution in [0.4, 0.5) is 11.8 Å². The molecular weight excluding hydrogens is 480 g/mol. The third-order valence-corrected chi connectivity index (χ3v) is 7.62. The largest absolute Gasteiger partial charge is 0.454 e. The van der Waals surface area contributed by atoms with Gasteiger partial charge >= 0.3 is 0 Å². The number of H-pyrrole nitrogens is 1. The average Bonchev–Trinajstić information content (AvgIpc) is 3.69. The third kappa shape index (κ3) is 3.91. The maximum Gasteiger partial charge on any atom is 0.210 e. The Morgan fingerprint density at radius 2 is 1.95 bits per heavy atom. The normalized spacial score (nSPS) is 17.5. The molecule has 7 rings (SSSR count). The highest BCUT2D eigenvalue weighted by molar-refractivity contribution is 5.83. The first-order chi connectivity index (χ1) is 18.3. The van der Waals surface area contributed by atoms with E-state index in [1.165, 1.54) is 23.4 Å².